The first-order valence-electron chi connectivity index (χ1n) is 7.96. The minimum Gasteiger partial charge on any atom is -0.398 e. The van der Waals surface area contributed by atoms with Gasteiger partial charge in [0, 0.05) is 12.2 Å². The van der Waals surface area contributed by atoms with Gasteiger partial charge in [-0.2, -0.15) is 0 Å². The van der Waals surface area contributed by atoms with Crippen LogP contribution in [0.1, 0.15) is 44.1 Å². The molecule has 6 heteroatoms. The van der Waals surface area contributed by atoms with Gasteiger partial charge >= 0.3 is 0 Å². The minimum atomic E-state index is -3.24. The first-order chi connectivity index (χ1) is 10.1. The first kappa shape index (κ1) is 17.4. The van der Waals surface area contributed by atoms with Crippen molar-refractivity contribution in [3.05, 3.63) is 23.8 Å². The summed E-state index contributed by atoms with van der Waals surface area (Å²) in [5.74, 6) is 0.622. The van der Waals surface area contributed by atoms with Gasteiger partial charge in [0.05, 0.1) is 11.4 Å². The fourth-order valence-corrected chi connectivity index (χ4v) is 5.64. The summed E-state index contributed by atoms with van der Waals surface area (Å²) < 4.78 is 27.2. The summed E-state index contributed by atoms with van der Waals surface area (Å²) in [7, 11) is -3.24. The molecular weight excluding hydrogens is 320 g/mol. The second-order valence-corrected chi connectivity index (χ2v) is 8.24. The molecule has 0 bridgehead atoms. The number of sulfonamides is 1. The third kappa shape index (κ3) is 3.51. The van der Waals surface area contributed by atoms with E-state index in [1.165, 1.54) is 19.3 Å². The molecule has 2 N–H and O–H groups in total. The number of nitrogens with zero attached hydrogens (tertiary/aromatic N) is 1. The molecule has 1 saturated carbocycles. The van der Waals surface area contributed by atoms with Crippen LogP contribution in [0.2, 0.25) is 0 Å². The maximum absolute atomic E-state index is 12.8. The lowest BCUT2D eigenvalue weighted by atomic mass is 9.91. The van der Waals surface area contributed by atoms with E-state index in [9.17, 15) is 8.42 Å². The normalized spacial score (nSPS) is 19.4. The fraction of sp³-hybridized carbons (Fsp3) is 0.625. The van der Waals surface area contributed by atoms with Crippen LogP contribution in [0, 0.1) is 5.92 Å². The highest BCUT2D eigenvalue weighted by Crippen LogP contribution is 2.34. The van der Waals surface area contributed by atoms with Gasteiger partial charge in [0.15, 0.2) is 0 Å². The lowest BCUT2D eigenvalue weighted by Crippen LogP contribution is -2.39. The maximum atomic E-state index is 12.8. The number of benzene rings is 1. The first-order valence-corrected chi connectivity index (χ1v) is 9.56. The molecule has 2 aliphatic rings. The van der Waals surface area contributed by atoms with Crippen LogP contribution in [0.5, 0.6) is 0 Å². The van der Waals surface area contributed by atoms with Crippen LogP contribution in [0.3, 0.4) is 0 Å². The predicted octanol–water partition coefficient (Wildman–Crippen LogP) is 3.35. The zero-order valence-electron chi connectivity index (χ0n) is 12.8. The molecule has 1 heterocycles. The molecular formula is C16H25ClN2O2S. The van der Waals surface area contributed by atoms with E-state index in [-0.39, 0.29) is 12.4 Å². The molecule has 1 aliphatic heterocycles. The molecule has 1 aromatic rings. The van der Waals surface area contributed by atoms with Crippen LogP contribution in [0.4, 0.5) is 11.4 Å². The van der Waals surface area contributed by atoms with Gasteiger partial charge in [-0.15, -0.1) is 12.4 Å². The summed E-state index contributed by atoms with van der Waals surface area (Å²) >= 11 is 0. The Morgan fingerprint density at radius 1 is 1.14 bits per heavy atom. The summed E-state index contributed by atoms with van der Waals surface area (Å²) in [6.07, 6.45) is 7.42. The van der Waals surface area contributed by atoms with E-state index >= 15 is 0 Å². The molecule has 0 aromatic heterocycles. The van der Waals surface area contributed by atoms with Crippen LogP contribution in [-0.4, -0.2) is 20.7 Å². The van der Waals surface area contributed by atoms with Gasteiger partial charge < -0.3 is 5.73 Å². The Morgan fingerprint density at radius 2 is 1.86 bits per heavy atom. The molecule has 0 saturated heterocycles. The number of rotatable bonds is 3. The van der Waals surface area contributed by atoms with Gasteiger partial charge in [0.2, 0.25) is 10.0 Å². The van der Waals surface area contributed by atoms with Crippen molar-refractivity contribution in [2.24, 2.45) is 5.92 Å². The summed E-state index contributed by atoms with van der Waals surface area (Å²) in [5, 5.41) is 0. The summed E-state index contributed by atoms with van der Waals surface area (Å²) in [6, 6.07) is 5.60. The zero-order valence-corrected chi connectivity index (χ0v) is 14.5. The number of halogens is 1. The third-order valence-electron chi connectivity index (χ3n) is 4.75. The van der Waals surface area contributed by atoms with Crippen molar-refractivity contribution >= 4 is 33.8 Å². The molecule has 3 rings (SSSR count). The van der Waals surface area contributed by atoms with E-state index in [1.807, 2.05) is 18.2 Å². The van der Waals surface area contributed by atoms with Gasteiger partial charge in [-0.1, -0.05) is 25.3 Å². The Bertz CT molecular complexity index is 613. The Kier molecular flexibility index (Phi) is 5.61. The highest BCUT2D eigenvalue weighted by molar-refractivity contribution is 7.92. The molecule has 1 aromatic carbocycles. The lowest BCUT2D eigenvalue weighted by Gasteiger charge is -2.33. The van der Waals surface area contributed by atoms with Gasteiger partial charge in [0.25, 0.3) is 0 Å². The Morgan fingerprint density at radius 3 is 2.59 bits per heavy atom. The van der Waals surface area contributed by atoms with Gasteiger partial charge in [-0.25, -0.2) is 8.42 Å². The standard InChI is InChI=1S/C16H24N2O2S.ClH/c17-15-9-4-10-16-14(15)8-5-11-18(16)21(19,20)12-13-6-2-1-3-7-13;/h4,9-10,13H,1-3,5-8,11-12,17H2;1H. The van der Waals surface area contributed by atoms with Crippen molar-refractivity contribution in [3.63, 3.8) is 0 Å². The van der Waals surface area contributed by atoms with Crippen molar-refractivity contribution in [1.82, 2.24) is 0 Å². The molecule has 0 atom stereocenters. The van der Waals surface area contributed by atoms with E-state index in [2.05, 4.69) is 0 Å². The van der Waals surface area contributed by atoms with Crippen LogP contribution in [-0.2, 0) is 16.4 Å². The van der Waals surface area contributed by atoms with Crippen molar-refractivity contribution in [3.8, 4) is 0 Å². The van der Waals surface area contributed by atoms with E-state index in [0.717, 1.165) is 36.9 Å². The van der Waals surface area contributed by atoms with Gasteiger partial charge in [-0.3, -0.25) is 4.31 Å². The molecule has 0 radical (unpaired) electrons. The third-order valence-corrected chi connectivity index (χ3v) is 6.69. The second-order valence-electron chi connectivity index (χ2n) is 6.30. The van der Waals surface area contributed by atoms with Gasteiger partial charge in [-0.05, 0) is 49.3 Å². The molecule has 0 amide bonds. The Balaban J connectivity index is 0.00000176. The molecule has 0 spiro atoms. The SMILES string of the molecule is Cl.Nc1cccc2c1CCCN2S(=O)(=O)CC1CCCCC1. The number of nitrogen functional groups attached to an aromatic ring is 1. The molecule has 1 fully saturated rings. The van der Waals surface area contributed by atoms with E-state index in [4.69, 9.17) is 5.73 Å². The summed E-state index contributed by atoms with van der Waals surface area (Å²) in [4.78, 5) is 0. The molecule has 1 aliphatic carbocycles. The molecule has 4 nitrogen and oxygen atoms in total. The topological polar surface area (TPSA) is 63.4 Å². The second kappa shape index (κ2) is 7.09. The van der Waals surface area contributed by atoms with Crippen LogP contribution < -0.4 is 10.0 Å². The van der Waals surface area contributed by atoms with Crippen LogP contribution in [0.25, 0.3) is 0 Å². The minimum absolute atomic E-state index is 0. The number of nitrogens with two attached hydrogens (primary N) is 1. The smallest absolute Gasteiger partial charge is 0.235 e. The van der Waals surface area contributed by atoms with Crippen molar-refractivity contribution < 1.29 is 8.42 Å². The van der Waals surface area contributed by atoms with Crippen LogP contribution in [0.15, 0.2) is 18.2 Å². The number of hydrogen-bond acceptors (Lipinski definition) is 3. The zero-order chi connectivity index (χ0) is 14.9. The molecule has 22 heavy (non-hydrogen) atoms. The van der Waals surface area contributed by atoms with Crippen molar-refractivity contribution in [2.45, 2.75) is 44.9 Å². The number of anilines is 2. The van der Waals surface area contributed by atoms with Crippen LogP contribution >= 0.6 is 12.4 Å². The number of fused-ring (bicyclic) bond motifs is 1. The number of hydrogen-bond donors (Lipinski definition) is 1. The van der Waals surface area contributed by atoms with E-state index in [1.54, 1.807) is 4.31 Å². The molecule has 0 unspecified atom stereocenters. The largest absolute Gasteiger partial charge is 0.398 e. The summed E-state index contributed by atoms with van der Waals surface area (Å²) in [5.41, 5.74) is 8.52. The van der Waals surface area contributed by atoms with E-state index in [0.29, 0.717) is 23.9 Å². The highest BCUT2D eigenvalue weighted by Gasteiger charge is 2.31. The average molecular weight is 345 g/mol. The predicted molar refractivity (Wildman–Crippen MR) is 94.1 cm³/mol. The lowest BCUT2D eigenvalue weighted by molar-refractivity contribution is 0.384. The Labute approximate surface area is 139 Å². The monoisotopic (exact) mass is 344 g/mol. The average Bonchev–Trinajstić information content (AvgIpc) is 2.48. The van der Waals surface area contributed by atoms with Gasteiger partial charge in [0.1, 0.15) is 0 Å². The summed E-state index contributed by atoms with van der Waals surface area (Å²) in [6.45, 7) is 0.589. The maximum Gasteiger partial charge on any atom is 0.235 e. The molecule has 124 valence electrons. The Hall–Kier alpha value is -0.940. The quantitative estimate of drug-likeness (QED) is 0.855. The van der Waals surface area contributed by atoms with E-state index < -0.39 is 10.0 Å². The van der Waals surface area contributed by atoms with Crippen molar-refractivity contribution in [2.75, 3.05) is 22.3 Å². The van der Waals surface area contributed by atoms with Crippen molar-refractivity contribution in [1.29, 1.82) is 0 Å². The highest BCUT2D eigenvalue weighted by atomic mass is 35.5. The fourth-order valence-electron chi connectivity index (χ4n) is 3.65.